The molecule has 3 aromatic heterocycles. The van der Waals surface area contributed by atoms with Gasteiger partial charge in [0.1, 0.15) is 11.6 Å². The lowest BCUT2D eigenvalue weighted by Gasteiger charge is -2.13. The van der Waals surface area contributed by atoms with Crippen molar-refractivity contribution >= 4 is 34.6 Å². The molecule has 0 atom stereocenters. The first kappa shape index (κ1) is 22.0. The first-order chi connectivity index (χ1) is 16.5. The Hall–Kier alpha value is -3.84. The van der Waals surface area contributed by atoms with Crippen LogP contribution in [0.1, 0.15) is 28.3 Å². The minimum absolute atomic E-state index is 0.0884. The van der Waals surface area contributed by atoms with Crippen molar-refractivity contribution < 1.29 is 9.21 Å². The highest BCUT2D eigenvalue weighted by Gasteiger charge is 2.34. The van der Waals surface area contributed by atoms with Crippen LogP contribution in [0, 0.1) is 20.8 Å². The third kappa shape index (κ3) is 4.34. The molecule has 0 unspecified atom stereocenters. The summed E-state index contributed by atoms with van der Waals surface area (Å²) in [4.78, 5) is 25.0. The van der Waals surface area contributed by atoms with Gasteiger partial charge in [-0.1, -0.05) is 18.2 Å². The predicted molar refractivity (Wildman–Crippen MR) is 136 cm³/mol. The van der Waals surface area contributed by atoms with E-state index < -0.39 is 0 Å². The smallest absolute Gasteiger partial charge is 0.267 e. The second-order valence-electron chi connectivity index (χ2n) is 8.16. The van der Waals surface area contributed by atoms with Crippen molar-refractivity contribution in [1.82, 2.24) is 14.5 Å². The number of nitrogens with zero attached hydrogens (tertiary/aromatic N) is 4. The highest BCUT2D eigenvalue weighted by atomic mass is 32.2. The van der Waals surface area contributed by atoms with Crippen molar-refractivity contribution in [1.29, 1.82) is 0 Å². The van der Waals surface area contributed by atoms with E-state index in [2.05, 4.69) is 28.6 Å². The molecular weight excluding hydrogens is 444 g/mol. The lowest BCUT2D eigenvalue weighted by Crippen LogP contribution is -2.28. The molecule has 0 bridgehead atoms. The van der Waals surface area contributed by atoms with E-state index in [1.807, 2.05) is 74.7 Å². The number of amides is 1. The van der Waals surface area contributed by atoms with Crippen LogP contribution >= 0.6 is 11.8 Å². The van der Waals surface area contributed by atoms with Crippen molar-refractivity contribution in [3.8, 4) is 5.82 Å². The zero-order chi connectivity index (χ0) is 23.7. The lowest BCUT2D eigenvalue weighted by atomic mass is 10.2. The van der Waals surface area contributed by atoms with Crippen molar-refractivity contribution in [2.45, 2.75) is 27.3 Å². The predicted octanol–water partition coefficient (Wildman–Crippen LogP) is 6.19. The number of furan rings is 1. The number of pyridine rings is 1. The zero-order valence-electron chi connectivity index (χ0n) is 19.2. The molecule has 1 aliphatic heterocycles. The highest BCUT2D eigenvalue weighted by molar-refractivity contribution is 8.18. The average molecular weight is 469 g/mol. The van der Waals surface area contributed by atoms with Gasteiger partial charge in [-0.05, 0) is 92.2 Å². The molecule has 5 rings (SSSR count). The number of para-hydroxylation sites is 1. The van der Waals surface area contributed by atoms with Crippen LogP contribution in [0.3, 0.4) is 0 Å². The van der Waals surface area contributed by atoms with Gasteiger partial charge in [-0.3, -0.25) is 9.69 Å². The molecule has 1 amide bonds. The van der Waals surface area contributed by atoms with Crippen LogP contribution in [-0.2, 0) is 11.3 Å². The molecule has 4 aromatic rings. The molecule has 0 N–H and O–H groups in total. The van der Waals surface area contributed by atoms with Gasteiger partial charge in [0, 0.05) is 17.6 Å². The molecule has 0 aliphatic carbocycles. The Morgan fingerprint density at radius 2 is 1.88 bits per heavy atom. The van der Waals surface area contributed by atoms with Crippen LogP contribution in [0.4, 0.5) is 5.69 Å². The number of amidine groups is 1. The fourth-order valence-electron chi connectivity index (χ4n) is 3.97. The van der Waals surface area contributed by atoms with Crippen molar-refractivity contribution in [2.75, 3.05) is 0 Å². The van der Waals surface area contributed by atoms with E-state index in [1.54, 1.807) is 11.2 Å². The van der Waals surface area contributed by atoms with Gasteiger partial charge in [-0.25, -0.2) is 9.98 Å². The van der Waals surface area contributed by atoms with Crippen LogP contribution in [0.2, 0.25) is 0 Å². The van der Waals surface area contributed by atoms with Crippen LogP contribution in [-0.4, -0.2) is 25.5 Å². The largest absolute Gasteiger partial charge is 0.467 e. The van der Waals surface area contributed by atoms with Gasteiger partial charge in [0.05, 0.1) is 23.4 Å². The Bertz CT molecular complexity index is 1400. The van der Waals surface area contributed by atoms with E-state index in [4.69, 9.17) is 9.41 Å². The Morgan fingerprint density at radius 1 is 1.06 bits per heavy atom. The maximum atomic E-state index is 13.4. The van der Waals surface area contributed by atoms with E-state index in [1.165, 1.54) is 11.8 Å². The highest BCUT2D eigenvalue weighted by Crippen LogP contribution is 2.36. The second-order valence-corrected chi connectivity index (χ2v) is 9.17. The minimum Gasteiger partial charge on any atom is -0.467 e. The summed E-state index contributed by atoms with van der Waals surface area (Å²) in [7, 11) is 0. The molecule has 1 aliphatic rings. The number of aromatic nitrogens is 2. The molecule has 0 radical (unpaired) electrons. The molecule has 6 nitrogen and oxygen atoms in total. The molecule has 0 spiro atoms. The number of carbonyl (C=O) groups is 1. The summed E-state index contributed by atoms with van der Waals surface area (Å²) >= 11 is 1.38. The monoisotopic (exact) mass is 468 g/mol. The summed E-state index contributed by atoms with van der Waals surface area (Å²) in [6, 6.07) is 19.5. The summed E-state index contributed by atoms with van der Waals surface area (Å²) in [5, 5.41) is 0.632. The number of hydrogen-bond donors (Lipinski definition) is 0. The Kier molecular flexibility index (Phi) is 5.94. The summed E-state index contributed by atoms with van der Waals surface area (Å²) in [5.74, 6) is 1.49. The number of rotatable bonds is 5. The van der Waals surface area contributed by atoms with E-state index >= 15 is 0 Å². The summed E-state index contributed by atoms with van der Waals surface area (Å²) < 4.78 is 7.62. The number of thioether (sulfide) groups is 1. The second kappa shape index (κ2) is 9.19. The number of hydrogen-bond acceptors (Lipinski definition) is 5. The minimum atomic E-state index is -0.0884. The SMILES string of the molecule is Cc1ccnc(-n2c(C)cc(/C=C3\SC(=Nc4ccccc4)N(Cc4ccco4)C3=O)c2C)c1. The normalized spacial score (nSPS) is 16.2. The van der Waals surface area contributed by atoms with Gasteiger partial charge in [0.15, 0.2) is 5.17 Å². The lowest BCUT2D eigenvalue weighted by molar-refractivity contribution is -0.122. The molecule has 1 saturated heterocycles. The number of benzene rings is 1. The molecule has 1 fully saturated rings. The first-order valence-electron chi connectivity index (χ1n) is 11.0. The molecule has 34 heavy (non-hydrogen) atoms. The van der Waals surface area contributed by atoms with Crippen molar-refractivity contribution in [3.63, 3.8) is 0 Å². The zero-order valence-corrected chi connectivity index (χ0v) is 20.0. The topological polar surface area (TPSA) is 63.6 Å². The van der Waals surface area contributed by atoms with Crippen LogP contribution in [0.5, 0.6) is 0 Å². The van der Waals surface area contributed by atoms with E-state index in [-0.39, 0.29) is 5.91 Å². The van der Waals surface area contributed by atoms with Gasteiger partial charge in [0.25, 0.3) is 5.91 Å². The van der Waals surface area contributed by atoms with E-state index in [0.717, 1.165) is 34.0 Å². The number of aliphatic imine (C=N–C) groups is 1. The third-order valence-corrected chi connectivity index (χ3v) is 6.66. The molecule has 170 valence electrons. The summed E-state index contributed by atoms with van der Waals surface area (Å²) in [6.07, 6.45) is 5.38. The molecule has 0 saturated carbocycles. The van der Waals surface area contributed by atoms with Crippen LogP contribution < -0.4 is 0 Å². The molecule has 4 heterocycles. The average Bonchev–Trinajstić information content (AvgIpc) is 3.51. The first-order valence-corrected chi connectivity index (χ1v) is 11.8. The molecular formula is C27H24N4O2S. The maximum absolute atomic E-state index is 13.4. The Morgan fingerprint density at radius 3 is 2.62 bits per heavy atom. The Labute approximate surface area is 202 Å². The number of carbonyl (C=O) groups excluding carboxylic acids is 1. The third-order valence-electron chi connectivity index (χ3n) is 5.65. The van der Waals surface area contributed by atoms with Crippen molar-refractivity contribution in [2.24, 2.45) is 4.99 Å². The van der Waals surface area contributed by atoms with Gasteiger partial charge in [-0.15, -0.1) is 0 Å². The van der Waals surface area contributed by atoms with Crippen LogP contribution in [0.25, 0.3) is 11.9 Å². The standard InChI is InChI=1S/C27H24N4O2S/c1-18-11-12-28-25(14-18)31-19(2)15-21(20(31)3)16-24-26(32)30(17-23-10-7-13-33-23)27(34-24)29-22-8-5-4-6-9-22/h4-16H,17H2,1-3H3/b24-16-,29-27?. The molecule has 7 heteroatoms. The van der Waals surface area contributed by atoms with Gasteiger partial charge in [-0.2, -0.15) is 0 Å². The Balaban J connectivity index is 1.52. The van der Waals surface area contributed by atoms with E-state index in [9.17, 15) is 4.79 Å². The van der Waals surface area contributed by atoms with E-state index in [0.29, 0.717) is 22.4 Å². The maximum Gasteiger partial charge on any atom is 0.267 e. The van der Waals surface area contributed by atoms with Crippen LogP contribution in [0.15, 0.2) is 87.4 Å². The fraction of sp³-hybridized carbons (Fsp3) is 0.148. The quantitative estimate of drug-likeness (QED) is 0.327. The van der Waals surface area contributed by atoms with Gasteiger partial charge < -0.3 is 8.98 Å². The summed E-state index contributed by atoms with van der Waals surface area (Å²) in [5.41, 5.74) is 5.02. The summed E-state index contributed by atoms with van der Waals surface area (Å²) in [6.45, 7) is 6.48. The fourth-order valence-corrected chi connectivity index (χ4v) is 4.96. The number of aryl methyl sites for hydroxylation is 2. The molecule has 1 aromatic carbocycles. The van der Waals surface area contributed by atoms with Crippen molar-refractivity contribution in [3.05, 3.63) is 106 Å². The van der Waals surface area contributed by atoms with Gasteiger partial charge in [0.2, 0.25) is 0 Å². The van der Waals surface area contributed by atoms with Gasteiger partial charge >= 0.3 is 0 Å².